The van der Waals surface area contributed by atoms with Crippen molar-refractivity contribution < 1.29 is 9.59 Å². The van der Waals surface area contributed by atoms with Gasteiger partial charge in [0.15, 0.2) is 5.82 Å². The Labute approximate surface area is 173 Å². The molecule has 2 aromatic carbocycles. The topological polar surface area (TPSA) is 110 Å². The molecule has 0 saturated carbocycles. The summed E-state index contributed by atoms with van der Waals surface area (Å²) >= 11 is 5.86. The van der Waals surface area contributed by atoms with Crippen LogP contribution in [0.15, 0.2) is 48.5 Å². The Hall–Kier alpha value is -3.19. The van der Waals surface area contributed by atoms with E-state index in [0.717, 1.165) is 5.39 Å². The first-order valence-electron chi connectivity index (χ1n) is 9.20. The number of hydrogen-bond donors (Lipinski definition) is 3. The van der Waals surface area contributed by atoms with E-state index in [-0.39, 0.29) is 18.4 Å². The molecule has 0 saturated heterocycles. The SMILES string of the molecule is CC(C)[C@H](Nc1nc(CNC(=O)c2ccc(Cl)cc2)nc2ccccc12)C(N)=O. The smallest absolute Gasteiger partial charge is 0.251 e. The van der Waals surface area contributed by atoms with Crippen LogP contribution in [0.4, 0.5) is 5.82 Å². The molecule has 0 fully saturated rings. The van der Waals surface area contributed by atoms with Crippen LogP contribution in [0.25, 0.3) is 10.9 Å². The normalized spacial score (nSPS) is 12.0. The van der Waals surface area contributed by atoms with Crippen molar-refractivity contribution in [2.45, 2.75) is 26.4 Å². The number of anilines is 1. The first-order valence-corrected chi connectivity index (χ1v) is 9.58. The largest absolute Gasteiger partial charge is 0.368 e. The van der Waals surface area contributed by atoms with Gasteiger partial charge in [0.2, 0.25) is 5.91 Å². The number of amides is 2. The number of nitrogens with two attached hydrogens (primary N) is 1. The van der Waals surface area contributed by atoms with Gasteiger partial charge in [0.25, 0.3) is 5.91 Å². The molecule has 3 rings (SSSR count). The van der Waals surface area contributed by atoms with Gasteiger partial charge in [0.1, 0.15) is 11.9 Å². The van der Waals surface area contributed by atoms with Crippen LogP contribution in [0, 0.1) is 5.92 Å². The van der Waals surface area contributed by atoms with E-state index in [1.807, 2.05) is 38.1 Å². The van der Waals surface area contributed by atoms with Gasteiger partial charge in [-0.25, -0.2) is 9.97 Å². The third kappa shape index (κ3) is 5.00. The summed E-state index contributed by atoms with van der Waals surface area (Å²) in [6, 6.07) is 13.5. The van der Waals surface area contributed by atoms with E-state index < -0.39 is 11.9 Å². The van der Waals surface area contributed by atoms with Gasteiger partial charge in [-0.05, 0) is 42.3 Å². The van der Waals surface area contributed by atoms with E-state index in [9.17, 15) is 9.59 Å². The summed E-state index contributed by atoms with van der Waals surface area (Å²) in [7, 11) is 0. The molecule has 29 heavy (non-hydrogen) atoms. The number of carbonyl (C=O) groups is 2. The van der Waals surface area contributed by atoms with Gasteiger partial charge in [-0.1, -0.05) is 37.6 Å². The lowest BCUT2D eigenvalue weighted by Gasteiger charge is -2.21. The van der Waals surface area contributed by atoms with Crippen LogP contribution in [-0.4, -0.2) is 27.8 Å². The molecule has 0 bridgehead atoms. The predicted octanol–water partition coefficient (Wildman–Crippen LogP) is 3.14. The van der Waals surface area contributed by atoms with E-state index in [0.29, 0.717) is 27.7 Å². The van der Waals surface area contributed by atoms with Crippen LogP contribution < -0.4 is 16.4 Å². The maximum atomic E-state index is 12.3. The molecule has 2 amide bonds. The predicted molar refractivity (Wildman–Crippen MR) is 114 cm³/mol. The van der Waals surface area contributed by atoms with Crippen LogP contribution in [-0.2, 0) is 11.3 Å². The Kier molecular flexibility index (Phi) is 6.29. The minimum Gasteiger partial charge on any atom is -0.368 e. The number of aromatic nitrogens is 2. The van der Waals surface area contributed by atoms with Crippen molar-refractivity contribution in [3.63, 3.8) is 0 Å². The molecule has 1 aromatic heterocycles. The van der Waals surface area contributed by atoms with Crippen LogP contribution in [0.5, 0.6) is 0 Å². The van der Waals surface area contributed by atoms with Gasteiger partial charge < -0.3 is 16.4 Å². The van der Waals surface area contributed by atoms with E-state index in [1.165, 1.54) is 0 Å². The maximum absolute atomic E-state index is 12.3. The molecule has 0 unspecified atom stereocenters. The Morgan fingerprint density at radius 2 is 1.76 bits per heavy atom. The molecule has 3 aromatic rings. The standard InChI is InChI=1S/C21H22ClN5O2/c1-12(2)18(19(23)28)27-20-15-5-3-4-6-16(15)25-17(26-20)11-24-21(29)13-7-9-14(22)10-8-13/h3-10,12,18H,11H2,1-2H3,(H2,23,28)(H,24,29)(H,25,26,27)/t18-/m0/s1. The summed E-state index contributed by atoms with van der Waals surface area (Å²) in [6.45, 7) is 3.93. The molecule has 1 heterocycles. The first-order chi connectivity index (χ1) is 13.8. The fraction of sp³-hybridized carbons (Fsp3) is 0.238. The summed E-state index contributed by atoms with van der Waals surface area (Å²) < 4.78 is 0. The summed E-state index contributed by atoms with van der Waals surface area (Å²) in [6.07, 6.45) is 0. The lowest BCUT2D eigenvalue weighted by molar-refractivity contribution is -0.119. The Morgan fingerprint density at radius 1 is 1.07 bits per heavy atom. The molecule has 8 heteroatoms. The molecule has 0 radical (unpaired) electrons. The summed E-state index contributed by atoms with van der Waals surface area (Å²) in [5.74, 6) is 0.184. The zero-order valence-corrected chi connectivity index (χ0v) is 16.9. The number of primary amides is 1. The third-order valence-corrected chi connectivity index (χ3v) is 4.68. The average molecular weight is 412 g/mol. The monoisotopic (exact) mass is 411 g/mol. The Bertz CT molecular complexity index is 1040. The second-order valence-electron chi connectivity index (χ2n) is 6.96. The number of carbonyl (C=O) groups excluding carboxylic acids is 2. The van der Waals surface area contributed by atoms with Crippen LogP contribution in [0.3, 0.4) is 0 Å². The van der Waals surface area contributed by atoms with E-state index in [2.05, 4.69) is 20.6 Å². The highest BCUT2D eigenvalue weighted by molar-refractivity contribution is 6.30. The lowest BCUT2D eigenvalue weighted by Crippen LogP contribution is -2.40. The maximum Gasteiger partial charge on any atom is 0.251 e. The molecule has 0 spiro atoms. The molecule has 0 aliphatic carbocycles. The van der Waals surface area contributed by atoms with E-state index >= 15 is 0 Å². The minimum absolute atomic E-state index is 0.0192. The second-order valence-corrected chi connectivity index (χ2v) is 7.40. The average Bonchev–Trinajstić information content (AvgIpc) is 2.70. The number of rotatable bonds is 7. The number of hydrogen-bond acceptors (Lipinski definition) is 5. The third-order valence-electron chi connectivity index (χ3n) is 4.43. The fourth-order valence-electron chi connectivity index (χ4n) is 2.89. The van der Waals surface area contributed by atoms with Crippen molar-refractivity contribution in [1.82, 2.24) is 15.3 Å². The molecule has 0 aliphatic heterocycles. The van der Waals surface area contributed by atoms with Crippen molar-refractivity contribution in [1.29, 1.82) is 0 Å². The summed E-state index contributed by atoms with van der Waals surface area (Å²) in [5, 5.41) is 7.26. The van der Waals surface area contributed by atoms with Gasteiger partial charge in [-0.3, -0.25) is 9.59 Å². The number of nitrogens with zero attached hydrogens (tertiary/aromatic N) is 2. The van der Waals surface area contributed by atoms with Crippen molar-refractivity contribution in [2.24, 2.45) is 11.7 Å². The highest BCUT2D eigenvalue weighted by Gasteiger charge is 2.21. The molecule has 150 valence electrons. The van der Waals surface area contributed by atoms with Crippen LogP contribution in [0.1, 0.15) is 30.0 Å². The van der Waals surface area contributed by atoms with Gasteiger partial charge in [-0.15, -0.1) is 0 Å². The highest BCUT2D eigenvalue weighted by atomic mass is 35.5. The number of benzene rings is 2. The van der Waals surface area contributed by atoms with Crippen molar-refractivity contribution in [3.8, 4) is 0 Å². The summed E-state index contributed by atoms with van der Waals surface area (Å²) in [5.41, 5.74) is 6.72. The molecular formula is C21H22ClN5O2. The second kappa shape index (κ2) is 8.87. The Balaban J connectivity index is 1.85. The zero-order valence-electron chi connectivity index (χ0n) is 16.1. The number of fused-ring (bicyclic) bond motifs is 1. The molecule has 7 nitrogen and oxygen atoms in total. The van der Waals surface area contributed by atoms with Gasteiger partial charge in [0, 0.05) is 16.0 Å². The summed E-state index contributed by atoms with van der Waals surface area (Å²) in [4.78, 5) is 33.2. The number of halogens is 1. The van der Waals surface area contributed by atoms with Crippen molar-refractivity contribution in [3.05, 3.63) is 64.9 Å². The molecule has 4 N–H and O–H groups in total. The van der Waals surface area contributed by atoms with Gasteiger partial charge in [-0.2, -0.15) is 0 Å². The van der Waals surface area contributed by atoms with Gasteiger partial charge >= 0.3 is 0 Å². The lowest BCUT2D eigenvalue weighted by atomic mass is 10.0. The zero-order chi connectivity index (χ0) is 21.0. The van der Waals surface area contributed by atoms with Crippen LogP contribution in [0.2, 0.25) is 5.02 Å². The van der Waals surface area contributed by atoms with E-state index in [1.54, 1.807) is 24.3 Å². The number of nitrogens with one attached hydrogen (secondary N) is 2. The quantitative estimate of drug-likeness (QED) is 0.553. The van der Waals surface area contributed by atoms with Crippen molar-refractivity contribution in [2.75, 3.05) is 5.32 Å². The number of para-hydroxylation sites is 1. The molecular weight excluding hydrogens is 390 g/mol. The fourth-order valence-corrected chi connectivity index (χ4v) is 3.02. The Morgan fingerprint density at radius 3 is 2.41 bits per heavy atom. The van der Waals surface area contributed by atoms with Gasteiger partial charge in [0.05, 0.1) is 12.1 Å². The van der Waals surface area contributed by atoms with E-state index in [4.69, 9.17) is 17.3 Å². The first kappa shape index (κ1) is 20.5. The molecule has 1 atom stereocenters. The highest BCUT2D eigenvalue weighted by Crippen LogP contribution is 2.22. The van der Waals surface area contributed by atoms with Crippen LogP contribution >= 0.6 is 11.6 Å². The van der Waals surface area contributed by atoms with Crippen molar-refractivity contribution >= 4 is 40.1 Å². The molecule has 0 aliphatic rings. The minimum atomic E-state index is -0.579.